The first-order chi connectivity index (χ1) is 21.4. The lowest BCUT2D eigenvalue weighted by Crippen LogP contribution is -2.13. The molecular formula is C32H32N2O8S2. The molecular weight excluding hydrogens is 604 g/mol. The summed E-state index contributed by atoms with van der Waals surface area (Å²) in [7, 11) is 11.9. The van der Waals surface area contributed by atoms with Gasteiger partial charge in [0.15, 0.2) is 23.0 Å². The van der Waals surface area contributed by atoms with E-state index in [0.717, 1.165) is 9.79 Å². The van der Waals surface area contributed by atoms with E-state index in [9.17, 15) is 9.59 Å². The molecule has 0 bridgehead atoms. The van der Waals surface area contributed by atoms with Crippen LogP contribution in [0.25, 0.3) is 0 Å². The standard InChI is InChI=1S/C32H32N2O8S2/c1-37-23-15-19(16-24(38-2)29(23)41-5)31(35)33-21-11-7-9-13-27(21)43-44-28-14-10-8-12-22(28)34-32(36)20-17-25(39-3)30(42-6)26(18-20)40-4/h7-18H,1-6H3,(H,33,35)(H,34,36). The average Bonchev–Trinajstić information content (AvgIpc) is 3.06. The number of hydrogen-bond donors (Lipinski definition) is 2. The highest BCUT2D eigenvalue weighted by Crippen LogP contribution is 2.44. The van der Waals surface area contributed by atoms with Crippen molar-refractivity contribution in [2.24, 2.45) is 0 Å². The number of carbonyl (C=O) groups is 2. The van der Waals surface area contributed by atoms with Crippen molar-refractivity contribution in [1.29, 1.82) is 0 Å². The lowest BCUT2D eigenvalue weighted by atomic mass is 10.1. The first-order valence-corrected chi connectivity index (χ1v) is 15.3. The summed E-state index contributed by atoms with van der Waals surface area (Å²) in [5.74, 6) is 1.60. The van der Waals surface area contributed by atoms with Gasteiger partial charge in [0, 0.05) is 20.9 Å². The number of para-hydroxylation sites is 2. The molecule has 0 aliphatic rings. The van der Waals surface area contributed by atoms with Gasteiger partial charge < -0.3 is 39.1 Å². The number of amides is 2. The monoisotopic (exact) mass is 636 g/mol. The van der Waals surface area contributed by atoms with Gasteiger partial charge in [0.25, 0.3) is 11.8 Å². The molecule has 12 heteroatoms. The van der Waals surface area contributed by atoms with Gasteiger partial charge >= 0.3 is 0 Å². The molecule has 44 heavy (non-hydrogen) atoms. The van der Waals surface area contributed by atoms with Gasteiger partial charge in [-0.15, -0.1) is 0 Å². The summed E-state index contributed by atoms with van der Waals surface area (Å²) in [5.41, 5.74) is 1.91. The third kappa shape index (κ3) is 7.26. The minimum Gasteiger partial charge on any atom is -0.493 e. The largest absolute Gasteiger partial charge is 0.493 e. The summed E-state index contributed by atoms with van der Waals surface area (Å²) in [6.45, 7) is 0. The van der Waals surface area contributed by atoms with Crippen molar-refractivity contribution >= 4 is 44.8 Å². The molecule has 4 aromatic rings. The predicted octanol–water partition coefficient (Wildman–Crippen LogP) is 7.04. The normalized spacial score (nSPS) is 10.4. The molecule has 0 aliphatic heterocycles. The van der Waals surface area contributed by atoms with Gasteiger partial charge in [-0.3, -0.25) is 9.59 Å². The predicted molar refractivity (Wildman–Crippen MR) is 173 cm³/mol. The van der Waals surface area contributed by atoms with E-state index < -0.39 is 0 Å². The molecule has 0 radical (unpaired) electrons. The lowest BCUT2D eigenvalue weighted by Gasteiger charge is -2.16. The molecule has 0 unspecified atom stereocenters. The van der Waals surface area contributed by atoms with Crippen LogP contribution in [0.2, 0.25) is 0 Å². The smallest absolute Gasteiger partial charge is 0.255 e. The van der Waals surface area contributed by atoms with Crippen molar-refractivity contribution in [3.05, 3.63) is 83.9 Å². The number of nitrogens with one attached hydrogen (secondary N) is 2. The Hall–Kier alpha value is -4.68. The van der Waals surface area contributed by atoms with Gasteiger partial charge in [0.05, 0.1) is 54.0 Å². The van der Waals surface area contributed by atoms with Crippen molar-refractivity contribution in [2.45, 2.75) is 9.79 Å². The highest BCUT2D eigenvalue weighted by atomic mass is 33.1. The number of benzene rings is 4. The Labute approximate surface area is 263 Å². The maximum absolute atomic E-state index is 13.3. The van der Waals surface area contributed by atoms with Crippen LogP contribution in [0, 0.1) is 0 Å². The first-order valence-electron chi connectivity index (χ1n) is 13.1. The summed E-state index contributed by atoms with van der Waals surface area (Å²) in [6.07, 6.45) is 0. The molecule has 0 fully saturated rings. The van der Waals surface area contributed by atoms with E-state index in [0.29, 0.717) is 57.0 Å². The zero-order valence-corrected chi connectivity index (χ0v) is 26.6. The SMILES string of the molecule is COc1cc(C(=O)Nc2ccccc2SSc2ccccc2NC(=O)c2cc(OC)c(OC)c(OC)c2)cc(OC)c1OC. The van der Waals surface area contributed by atoms with E-state index in [1.807, 2.05) is 48.5 Å². The molecule has 0 spiro atoms. The third-order valence-corrected chi connectivity index (χ3v) is 8.83. The molecule has 0 saturated heterocycles. The quantitative estimate of drug-likeness (QED) is 0.148. The fraction of sp³-hybridized carbons (Fsp3) is 0.188. The lowest BCUT2D eigenvalue weighted by molar-refractivity contribution is 0.101. The molecule has 0 aliphatic carbocycles. The van der Waals surface area contributed by atoms with Crippen LogP contribution in [-0.2, 0) is 0 Å². The van der Waals surface area contributed by atoms with Gasteiger partial charge in [-0.05, 0) is 48.5 Å². The van der Waals surface area contributed by atoms with Crippen molar-refractivity contribution in [2.75, 3.05) is 53.3 Å². The molecule has 0 aromatic heterocycles. The van der Waals surface area contributed by atoms with Gasteiger partial charge in [0.1, 0.15) is 0 Å². The van der Waals surface area contributed by atoms with Crippen LogP contribution < -0.4 is 39.1 Å². The Morgan fingerprint density at radius 1 is 0.500 bits per heavy atom. The fourth-order valence-corrected chi connectivity index (χ4v) is 6.46. The van der Waals surface area contributed by atoms with E-state index in [2.05, 4.69) is 10.6 Å². The van der Waals surface area contributed by atoms with Crippen LogP contribution in [-0.4, -0.2) is 54.5 Å². The number of rotatable bonds is 13. The van der Waals surface area contributed by atoms with Crippen LogP contribution in [0.4, 0.5) is 11.4 Å². The minimum atomic E-state index is -0.347. The van der Waals surface area contributed by atoms with Gasteiger partial charge in [-0.1, -0.05) is 45.9 Å². The van der Waals surface area contributed by atoms with Crippen LogP contribution in [0.15, 0.2) is 82.6 Å². The molecule has 10 nitrogen and oxygen atoms in total. The number of carbonyl (C=O) groups excluding carboxylic acids is 2. The molecule has 230 valence electrons. The van der Waals surface area contributed by atoms with E-state index in [4.69, 9.17) is 28.4 Å². The van der Waals surface area contributed by atoms with Crippen molar-refractivity contribution in [3.63, 3.8) is 0 Å². The van der Waals surface area contributed by atoms with E-state index in [-0.39, 0.29) is 11.8 Å². The van der Waals surface area contributed by atoms with Crippen molar-refractivity contribution in [1.82, 2.24) is 0 Å². The maximum atomic E-state index is 13.3. The Balaban J connectivity index is 1.52. The van der Waals surface area contributed by atoms with Crippen molar-refractivity contribution < 1.29 is 38.0 Å². The highest BCUT2D eigenvalue weighted by Gasteiger charge is 2.20. The number of hydrogen-bond acceptors (Lipinski definition) is 10. The van der Waals surface area contributed by atoms with E-state index in [1.54, 1.807) is 24.3 Å². The molecule has 0 atom stereocenters. The van der Waals surface area contributed by atoms with Gasteiger partial charge in [-0.25, -0.2) is 0 Å². The molecule has 0 saturated carbocycles. The molecule has 2 N–H and O–H groups in total. The zero-order chi connectivity index (χ0) is 31.6. The summed E-state index contributed by atoms with van der Waals surface area (Å²) >= 11 is 0. The summed E-state index contributed by atoms with van der Waals surface area (Å²) in [5, 5.41) is 5.95. The highest BCUT2D eigenvalue weighted by molar-refractivity contribution is 8.76. The second-order valence-corrected chi connectivity index (χ2v) is 11.1. The second-order valence-electron chi connectivity index (χ2n) is 8.90. The fourth-order valence-electron chi connectivity index (χ4n) is 4.19. The van der Waals surface area contributed by atoms with E-state index in [1.165, 1.54) is 64.2 Å². The molecule has 4 rings (SSSR count). The van der Waals surface area contributed by atoms with Crippen LogP contribution in [0.5, 0.6) is 34.5 Å². The van der Waals surface area contributed by atoms with Crippen LogP contribution in [0.1, 0.15) is 20.7 Å². The van der Waals surface area contributed by atoms with Crippen molar-refractivity contribution in [3.8, 4) is 34.5 Å². The topological polar surface area (TPSA) is 114 Å². The van der Waals surface area contributed by atoms with Crippen LogP contribution in [0.3, 0.4) is 0 Å². The molecule has 0 heterocycles. The Kier molecular flexibility index (Phi) is 11.1. The second kappa shape index (κ2) is 15.2. The van der Waals surface area contributed by atoms with Gasteiger partial charge in [-0.2, -0.15) is 0 Å². The zero-order valence-electron chi connectivity index (χ0n) is 25.0. The first kappa shape index (κ1) is 32.2. The van der Waals surface area contributed by atoms with E-state index >= 15 is 0 Å². The number of methoxy groups -OCH3 is 6. The summed E-state index contributed by atoms with van der Waals surface area (Å²) < 4.78 is 32.3. The van der Waals surface area contributed by atoms with Gasteiger partial charge in [0.2, 0.25) is 11.5 Å². The molecule has 4 aromatic carbocycles. The Morgan fingerprint density at radius 3 is 1.11 bits per heavy atom. The molecule has 2 amide bonds. The number of ether oxygens (including phenoxy) is 6. The third-order valence-electron chi connectivity index (χ3n) is 6.35. The summed E-state index contributed by atoms with van der Waals surface area (Å²) in [4.78, 5) is 28.2. The Morgan fingerprint density at radius 2 is 0.818 bits per heavy atom. The summed E-state index contributed by atoms with van der Waals surface area (Å²) in [6, 6.07) is 21.2. The number of anilines is 2. The van der Waals surface area contributed by atoms with Crippen LogP contribution >= 0.6 is 21.6 Å². The minimum absolute atomic E-state index is 0.340. The maximum Gasteiger partial charge on any atom is 0.255 e. The Bertz CT molecular complexity index is 1480. The average molecular weight is 637 g/mol.